The molecule has 4 rings (SSSR count). The zero-order valence-electron chi connectivity index (χ0n) is 19.7. The maximum atomic E-state index is 11.6. The number of aliphatic hydroxyl groups excluding tert-OH is 1. The summed E-state index contributed by atoms with van der Waals surface area (Å²) in [6.45, 7) is 11.8. The minimum atomic E-state index is -0.514. The monoisotopic (exact) mass is 402 g/mol. The zero-order valence-corrected chi connectivity index (χ0v) is 19.7. The molecule has 3 fully saturated rings. The number of fused-ring (bicyclic) bond motifs is 5. The van der Waals surface area contributed by atoms with E-state index in [4.69, 9.17) is 0 Å². The van der Waals surface area contributed by atoms with Crippen molar-refractivity contribution in [1.82, 2.24) is 0 Å². The normalized spacial score (nSPS) is 46.5. The van der Waals surface area contributed by atoms with Crippen LogP contribution in [-0.4, -0.2) is 21.9 Å². The molecule has 8 atom stereocenters. The average molecular weight is 403 g/mol. The van der Waals surface area contributed by atoms with Gasteiger partial charge in [-0.1, -0.05) is 52.2 Å². The van der Waals surface area contributed by atoms with Crippen molar-refractivity contribution >= 4 is 0 Å². The van der Waals surface area contributed by atoms with Gasteiger partial charge < -0.3 is 10.2 Å². The van der Waals surface area contributed by atoms with Crippen LogP contribution in [0.2, 0.25) is 0 Å². The van der Waals surface area contributed by atoms with Gasteiger partial charge in [-0.25, -0.2) is 0 Å². The minimum absolute atomic E-state index is 0.114. The number of allylic oxidation sites excluding steroid dienone is 1. The number of rotatable bonds is 5. The lowest BCUT2D eigenvalue weighted by molar-refractivity contribution is -0.105. The first-order chi connectivity index (χ1) is 13.6. The molecule has 3 saturated carbocycles. The second-order valence-electron chi connectivity index (χ2n) is 12.5. The molecular formula is C27H46O2. The Morgan fingerprint density at radius 1 is 1.10 bits per heavy atom. The molecule has 0 spiro atoms. The van der Waals surface area contributed by atoms with Gasteiger partial charge in [-0.15, -0.1) is 0 Å². The van der Waals surface area contributed by atoms with Gasteiger partial charge >= 0.3 is 0 Å². The van der Waals surface area contributed by atoms with E-state index >= 15 is 0 Å². The average Bonchev–Trinajstić information content (AvgIpc) is 3.00. The van der Waals surface area contributed by atoms with Crippen LogP contribution in [0.5, 0.6) is 0 Å². The van der Waals surface area contributed by atoms with E-state index in [1.807, 2.05) is 0 Å². The summed E-state index contributed by atoms with van der Waals surface area (Å²) >= 11 is 0. The van der Waals surface area contributed by atoms with Crippen molar-refractivity contribution in [2.75, 3.05) is 0 Å². The summed E-state index contributed by atoms with van der Waals surface area (Å²) in [6, 6.07) is 0. The fourth-order valence-electron chi connectivity index (χ4n) is 8.71. The van der Waals surface area contributed by atoms with E-state index in [1.165, 1.54) is 44.9 Å². The largest absolute Gasteiger partial charge is 0.393 e. The van der Waals surface area contributed by atoms with Gasteiger partial charge in [0.25, 0.3) is 0 Å². The quantitative estimate of drug-likeness (QED) is 0.515. The Bertz CT molecular complexity index is 634. The van der Waals surface area contributed by atoms with Crippen LogP contribution < -0.4 is 0 Å². The smallest absolute Gasteiger partial charge is 0.0653 e. The molecular weight excluding hydrogens is 356 g/mol. The van der Waals surface area contributed by atoms with Gasteiger partial charge in [-0.2, -0.15) is 0 Å². The van der Waals surface area contributed by atoms with Gasteiger partial charge in [0.05, 0.1) is 11.7 Å². The first-order valence-electron chi connectivity index (χ1n) is 12.7. The molecule has 2 heteroatoms. The molecule has 0 aliphatic heterocycles. The molecule has 166 valence electrons. The first kappa shape index (κ1) is 21.9. The van der Waals surface area contributed by atoms with Crippen molar-refractivity contribution in [3.63, 3.8) is 0 Å². The second-order valence-corrected chi connectivity index (χ2v) is 12.5. The lowest BCUT2D eigenvalue weighted by Gasteiger charge is -2.59. The summed E-state index contributed by atoms with van der Waals surface area (Å²) in [5, 5.41) is 21.8. The summed E-state index contributed by atoms with van der Waals surface area (Å²) in [5.41, 5.74) is 1.68. The molecule has 29 heavy (non-hydrogen) atoms. The Balaban J connectivity index is 1.53. The lowest BCUT2D eigenvalue weighted by Crippen LogP contribution is -2.53. The summed E-state index contributed by atoms with van der Waals surface area (Å²) < 4.78 is 0. The molecule has 2 nitrogen and oxygen atoms in total. The summed E-state index contributed by atoms with van der Waals surface area (Å²) in [6.07, 6.45) is 15.2. The summed E-state index contributed by atoms with van der Waals surface area (Å²) in [5.74, 6) is 3.53. The van der Waals surface area contributed by atoms with E-state index in [0.29, 0.717) is 16.7 Å². The molecule has 0 saturated heterocycles. The van der Waals surface area contributed by atoms with E-state index < -0.39 is 5.60 Å². The predicted octanol–water partition coefficient (Wildman–Crippen LogP) is 6.50. The third-order valence-electron chi connectivity index (χ3n) is 10.3. The van der Waals surface area contributed by atoms with Crippen LogP contribution in [0, 0.1) is 40.4 Å². The molecule has 4 aliphatic carbocycles. The van der Waals surface area contributed by atoms with Crippen molar-refractivity contribution in [1.29, 1.82) is 0 Å². The van der Waals surface area contributed by atoms with E-state index in [2.05, 4.69) is 40.7 Å². The molecule has 4 aliphatic rings. The van der Waals surface area contributed by atoms with E-state index in [-0.39, 0.29) is 6.10 Å². The standard InChI is InChI=1S/C27H46O2/c1-18(2)7-6-14-27(5,29)24-11-10-22-21-9-8-19-17-20(28)12-15-25(19,3)23(21)13-16-26(22,24)4/h8,18,20-24,28-29H,6-7,9-17H2,1-5H3/t20?,21?,22?,23?,24?,25?,26?,27-/m1/s1. The maximum Gasteiger partial charge on any atom is 0.0653 e. The fraction of sp³-hybridized carbons (Fsp3) is 0.926. The third-order valence-corrected chi connectivity index (χ3v) is 10.3. The Morgan fingerprint density at radius 2 is 1.86 bits per heavy atom. The zero-order chi connectivity index (χ0) is 21.0. The highest BCUT2D eigenvalue weighted by atomic mass is 16.3. The van der Waals surface area contributed by atoms with E-state index in [1.54, 1.807) is 5.57 Å². The molecule has 7 unspecified atom stereocenters. The highest BCUT2D eigenvalue weighted by Gasteiger charge is 2.61. The number of hydrogen-bond acceptors (Lipinski definition) is 2. The van der Waals surface area contributed by atoms with Gasteiger partial charge in [0.2, 0.25) is 0 Å². The van der Waals surface area contributed by atoms with Crippen molar-refractivity contribution in [2.24, 2.45) is 40.4 Å². The Hall–Kier alpha value is -0.340. The van der Waals surface area contributed by atoms with Gasteiger partial charge in [0, 0.05) is 0 Å². The van der Waals surface area contributed by atoms with Crippen molar-refractivity contribution < 1.29 is 10.2 Å². The SMILES string of the molecule is CC(C)CCC[C@@](C)(O)C1CCC2C3CC=C4CC(O)CCC4(C)C3CCC21C. The van der Waals surface area contributed by atoms with Crippen LogP contribution in [0.4, 0.5) is 0 Å². The lowest BCUT2D eigenvalue weighted by atomic mass is 9.46. The van der Waals surface area contributed by atoms with Crippen molar-refractivity contribution in [3.8, 4) is 0 Å². The van der Waals surface area contributed by atoms with Crippen LogP contribution in [-0.2, 0) is 0 Å². The van der Waals surface area contributed by atoms with Crippen LogP contribution >= 0.6 is 0 Å². The van der Waals surface area contributed by atoms with Gasteiger partial charge in [0.1, 0.15) is 0 Å². The highest BCUT2D eigenvalue weighted by molar-refractivity contribution is 5.25. The molecule has 0 aromatic carbocycles. The van der Waals surface area contributed by atoms with Crippen LogP contribution in [0.15, 0.2) is 11.6 Å². The topological polar surface area (TPSA) is 40.5 Å². The number of hydrogen-bond donors (Lipinski definition) is 2. The van der Waals surface area contributed by atoms with Gasteiger partial charge in [-0.3, -0.25) is 0 Å². The molecule has 0 aromatic rings. The van der Waals surface area contributed by atoms with Gasteiger partial charge in [0.15, 0.2) is 0 Å². The second kappa shape index (κ2) is 7.66. The van der Waals surface area contributed by atoms with E-state index in [0.717, 1.165) is 49.4 Å². The Kier molecular flexibility index (Phi) is 5.78. The van der Waals surface area contributed by atoms with E-state index in [9.17, 15) is 10.2 Å². The summed E-state index contributed by atoms with van der Waals surface area (Å²) in [7, 11) is 0. The first-order valence-corrected chi connectivity index (χ1v) is 12.7. The Labute approximate surface area is 179 Å². The van der Waals surface area contributed by atoms with Gasteiger partial charge in [-0.05, 0) is 105 Å². The highest BCUT2D eigenvalue weighted by Crippen LogP contribution is 2.67. The Morgan fingerprint density at radius 3 is 2.59 bits per heavy atom. The predicted molar refractivity (Wildman–Crippen MR) is 121 cm³/mol. The van der Waals surface area contributed by atoms with Crippen LogP contribution in [0.1, 0.15) is 105 Å². The third kappa shape index (κ3) is 3.65. The maximum absolute atomic E-state index is 11.6. The van der Waals surface area contributed by atoms with Crippen LogP contribution in [0.3, 0.4) is 0 Å². The summed E-state index contributed by atoms with van der Waals surface area (Å²) in [4.78, 5) is 0. The number of aliphatic hydroxyl groups is 2. The molecule has 0 heterocycles. The molecule has 0 radical (unpaired) electrons. The van der Waals surface area contributed by atoms with Crippen molar-refractivity contribution in [3.05, 3.63) is 11.6 Å². The fourth-order valence-corrected chi connectivity index (χ4v) is 8.71. The molecule has 2 N–H and O–H groups in total. The molecule has 0 amide bonds. The minimum Gasteiger partial charge on any atom is -0.393 e. The van der Waals surface area contributed by atoms with Crippen LogP contribution in [0.25, 0.3) is 0 Å². The van der Waals surface area contributed by atoms with Crippen molar-refractivity contribution in [2.45, 2.75) is 117 Å². The molecule has 0 aromatic heterocycles. The molecule has 0 bridgehead atoms.